The molecule has 0 aromatic carbocycles. The first-order valence-corrected chi connectivity index (χ1v) is 5.59. The predicted octanol–water partition coefficient (Wildman–Crippen LogP) is 2.42. The van der Waals surface area contributed by atoms with Crippen molar-refractivity contribution in [3.8, 4) is 0 Å². The number of hydrogen-bond donors (Lipinski definition) is 0. The molecular weight excluding hydrogens is 204 g/mol. The van der Waals surface area contributed by atoms with E-state index in [1.807, 2.05) is 12.2 Å². The molecule has 0 N–H and O–H groups in total. The molecule has 2 unspecified atom stereocenters. The van der Waals surface area contributed by atoms with Crippen molar-refractivity contribution < 1.29 is 14.3 Å². The van der Waals surface area contributed by atoms with Gasteiger partial charge in [0.15, 0.2) is 5.78 Å². The zero-order chi connectivity index (χ0) is 12.2. The molecule has 3 heteroatoms. The largest absolute Gasteiger partial charge is 0.454 e. The highest BCUT2D eigenvalue weighted by molar-refractivity contribution is 5.97. The molecule has 3 nitrogen and oxygen atoms in total. The number of hydrogen-bond acceptors (Lipinski definition) is 3. The number of carbonyl (C=O) groups excluding carboxylic acids is 2. The summed E-state index contributed by atoms with van der Waals surface area (Å²) in [6, 6.07) is 0. The van der Waals surface area contributed by atoms with Crippen molar-refractivity contribution in [2.24, 2.45) is 5.92 Å². The van der Waals surface area contributed by atoms with Crippen LogP contribution in [0.5, 0.6) is 0 Å². The van der Waals surface area contributed by atoms with Crippen LogP contribution in [0.2, 0.25) is 0 Å². The summed E-state index contributed by atoms with van der Waals surface area (Å²) in [4.78, 5) is 22.6. The number of ketones is 1. The van der Waals surface area contributed by atoms with Crippen molar-refractivity contribution in [3.63, 3.8) is 0 Å². The SMILES string of the molecule is CCC/C=C/C1C(=O)C=CC1(C)OC(C)=O. The standard InChI is InChI=1S/C13H18O3/c1-4-5-6-7-11-12(15)8-9-13(11,3)16-10(2)14/h6-9,11H,4-5H2,1-3H3/b7-6+. The molecule has 0 heterocycles. The molecule has 16 heavy (non-hydrogen) atoms. The van der Waals surface area contributed by atoms with Gasteiger partial charge in [0.25, 0.3) is 0 Å². The highest BCUT2D eigenvalue weighted by Crippen LogP contribution is 2.31. The smallest absolute Gasteiger partial charge is 0.303 e. The van der Waals surface area contributed by atoms with Crippen LogP contribution < -0.4 is 0 Å². The van der Waals surface area contributed by atoms with Crippen molar-refractivity contribution in [1.82, 2.24) is 0 Å². The Morgan fingerprint density at radius 3 is 2.88 bits per heavy atom. The van der Waals surface area contributed by atoms with Gasteiger partial charge in [0.2, 0.25) is 0 Å². The second kappa shape index (κ2) is 5.10. The number of ether oxygens (including phenoxy) is 1. The number of allylic oxidation sites excluding steroid dienone is 2. The maximum Gasteiger partial charge on any atom is 0.303 e. The Bertz CT molecular complexity index is 341. The molecule has 0 bridgehead atoms. The molecule has 0 spiro atoms. The third-order valence-electron chi connectivity index (χ3n) is 2.65. The lowest BCUT2D eigenvalue weighted by atomic mass is 9.91. The van der Waals surface area contributed by atoms with E-state index in [-0.39, 0.29) is 17.7 Å². The first-order valence-electron chi connectivity index (χ1n) is 5.59. The summed E-state index contributed by atoms with van der Waals surface area (Å²) in [5.74, 6) is -0.741. The average Bonchev–Trinajstić information content (AvgIpc) is 2.44. The second-order valence-electron chi connectivity index (χ2n) is 4.21. The van der Waals surface area contributed by atoms with Gasteiger partial charge in [-0.25, -0.2) is 0 Å². The minimum absolute atomic E-state index is 0.00361. The summed E-state index contributed by atoms with van der Waals surface area (Å²) in [5.41, 5.74) is -0.812. The van der Waals surface area contributed by atoms with E-state index in [2.05, 4.69) is 6.92 Å². The van der Waals surface area contributed by atoms with Crippen molar-refractivity contribution in [3.05, 3.63) is 24.3 Å². The van der Waals surface area contributed by atoms with E-state index in [1.54, 1.807) is 13.0 Å². The maximum atomic E-state index is 11.6. The summed E-state index contributed by atoms with van der Waals surface area (Å²) < 4.78 is 5.21. The first-order chi connectivity index (χ1) is 7.49. The van der Waals surface area contributed by atoms with Gasteiger partial charge in [0.05, 0.1) is 5.92 Å². The molecule has 1 rings (SSSR count). The quantitative estimate of drug-likeness (QED) is 0.542. The van der Waals surface area contributed by atoms with Crippen molar-refractivity contribution >= 4 is 11.8 Å². The lowest BCUT2D eigenvalue weighted by Gasteiger charge is -2.27. The molecule has 0 aliphatic heterocycles. The van der Waals surface area contributed by atoms with E-state index in [0.717, 1.165) is 12.8 Å². The van der Waals surface area contributed by atoms with Crippen molar-refractivity contribution in [1.29, 1.82) is 0 Å². The Labute approximate surface area is 96.2 Å². The third kappa shape index (κ3) is 2.81. The number of unbranched alkanes of at least 4 members (excludes halogenated alkanes) is 1. The van der Waals surface area contributed by atoms with E-state index < -0.39 is 5.60 Å². The molecule has 0 aromatic rings. The fraction of sp³-hybridized carbons (Fsp3) is 0.538. The molecule has 0 fully saturated rings. The van der Waals surface area contributed by atoms with Gasteiger partial charge in [-0.05, 0) is 25.5 Å². The predicted molar refractivity (Wildman–Crippen MR) is 61.9 cm³/mol. The van der Waals surface area contributed by atoms with Gasteiger partial charge < -0.3 is 4.74 Å². The molecule has 88 valence electrons. The molecule has 0 aromatic heterocycles. The van der Waals surface area contributed by atoms with Gasteiger partial charge in [-0.2, -0.15) is 0 Å². The van der Waals surface area contributed by atoms with Crippen LogP contribution in [0, 0.1) is 5.92 Å². The van der Waals surface area contributed by atoms with Crippen LogP contribution >= 0.6 is 0 Å². The number of esters is 1. The Morgan fingerprint density at radius 1 is 1.62 bits per heavy atom. The lowest BCUT2D eigenvalue weighted by Crippen LogP contribution is -2.36. The monoisotopic (exact) mass is 222 g/mol. The molecular formula is C13H18O3. The lowest BCUT2D eigenvalue weighted by molar-refractivity contribution is -0.154. The molecule has 2 atom stereocenters. The van der Waals surface area contributed by atoms with Crippen LogP contribution in [0.1, 0.15) is 33.6 Å². The van der Waals surface area contributed by atoms with Crippen molar-refractivity contribution in [2.45, 2.75) is 39.2 Å². The number of rotatable bonds is 4. The highest BCUT2D eigenvalue weighted by atomic mass is 16.6. The normalized spacial score (nSPS) is 28.9. The molecule has 0 saturated carbocycles. The Morgan fingerprint density at radius 2 is 2.31 bits per heavy atom. The van der Waals surface area contributed by atoms with E-state index >= 15 is 0 Å². The van der Waals surface area contributed by atoms with Crippen LogP contribution in [0.25, 0.3) is 0 Å². The fourth-order valence-corrected chi connectivity index (χ4v) is 1.83. The van der Waals surface area contributed by atoms with E-state index in [1.165, 1.54) is 13.0 Å². The summed E-state index contributed by atoms with van der Waals surface area (Å²) in [6.45, 7) is 5.19. The van der Waals surface area contributed by atoms with Gasteiger partial charge in [-0.1, -0.05) is 25.5 Å². The van der Waals surface area contributed by atoms with E-state index in [9.17, 15) is 9.59 Å². The molecule has 0 amide bonds. The summed E-state index contributed by atoms with van der Waals surface area (Å²) >= 11 is 0. The zero-order valence-corrected chi connectivity index (χ0v) is 10.0. The van der Waals surface area contributed by atoms with Crippen LogP contribution in [0.4, 0.5) is 0 Å². The van der Waals surface area contributed by atoms with E-state index in [4.69, 9.17) is 4.74 Å². The van der Waals surface area contributed by atoms with Crippen LogP contribution in [-0.2, 0) is 14.3 Å². The molecule has 0 radical (unpaired) electrons. The van der Waals surface area contributed by atoms with Gasteiger partial charge in [0, 0.05) is 6.92 Å². The minimum Gasteiger partial charge on any atom is -0.454 e. The Kier molecular flexibility index (Phi) is 4.05. The maximum absolute atomic E-state index is 11.6. The number of carbonyl (C=O) groups is 2. The summed E-state index contributed by atoms with van der Waals surface area (Å²) in [6.07, 6.45) is 8.93. The fourth-order valence-electron chi connectivity index (χ4n) is 1.83. The van der Waals surface area contributed by atoms with Crippen LogP contribution in [0.3, 0.4) is 0 Å². The minimum atomic E-state index is -0.812. The van der Waals surface area contributed by atoms with Gasteiger partial charge in [0.1, 0.15) is 5.60 Å². The van der Waals surface area contributed by atoms with Crippen molar-refractivity contribution in [2.75, 3.05) is 0 Å². The Balaban J connectivity index is 2.79. The first kappa shape index (κ1) is 12.7. The second-order valence-corrected chi connectivity index (χ2v) is 4.21. The van der Waals surface area contributed by atoms with Crippen LogP contribution in [0.15, 0.2) is 24.3 Å². The average molecular weight is 222 g/mol. The topological polar surface area (TPSA) is 43.4 Å². The van der Waals surface area contributed by atoms with Gasteiger partial charge in [-0.15, -0.1) is 0 Å². The molecule has 1 aliphatic rings. The third-order valence-corrected chi connectivity index (χ3v) is 2.65. The van der Waals surface area contributed by atoms with Crippen LogP contribution in [-0.4, -0.2) is 17.4 Å². The Hall–Kier alpha value is -1.38. The summed E-state index contributed by atoms with van der Waals surface area (Å²) in [7, 11) is 0. The zero-order valence-electron chi connectivity index (χ0n) is 10.0. The van der Waals surface area contributed by atoms with E-state index in [0.29, 0.717) is 0 Å². The van der Waals surface area contributed by atoms with Gasteiger partial charge in [-0.3, -0.25) is 9.59 Å². The summed E-state index contributed by atoms with van der Waals surface area (Å²) in [5, 5.41) is 0. The highest BCUT2D eigenvalue weighted by Gasteiger charge is 2.41. The molecule has 0 saturated heterocycles. The van der Waals surface area contributed by atoms with Gasteiger partial charge >= 0.3 is 5.97 Å². The molecule has 1 aliphatic carbocycles.